The number of amides is 2. The van der Waals surface area contributed by atoms with E-state index in [-0.39, 0.29) is 12.5 Å². The van der Waals surface area contributed by atoms with Crippen molar-refractivity contribution in [2.24, 2.45) is 0 Å². The molecule has 2 aromatic rings. The summed E-state index contributed by atoms with van der Waals surface area (Å²) in [5, 5.41) is 3.16. The van der Waals surface area contributed by atoms with Crippen molar-refractivity contribution in [3.8, 4) is 0 Å². The number of hydrogen-bond acceptors (Lipinski definition) is 4. The smallest absolute Gasteiger partial charge is 0.304 e. The van der Waals surface area contributed by atoms with Crippen molar-refractivity contribution in [3.63, 3.8) is 0 Å². The lowest BCUT2D eigenvalue weighted by Crippen LogP contribution is -2.53. The number of anilines is 1. The molecule has 0 aromatic heterocycles. The molecule has 186 valence electrons. The minimum absolute atomic E-state index is 0.130. The predicted molar refractivity (Wildman–Crippen MR) is 136 cm³/mol. The highest BCUT2D eigenvalue weighted by atomic mass is 35.5. The predicted octanol–water partition coefficient (Wildman–Crippen LogP) is 3.12. The fourth-order valence-corrected chi connectivity index (χ4v) is 4.80. The summed E-state index contributed by atoms with van der Waals surface area (Å²) >= 11 is 5.99. The molecule has 2 rings (SSSR count). The molecular formula is C24H33ClN4O4S. The number of carbonyl (C=O) groups is 2. The van der Waals surface area contributed by atoms with E-state index in [0.29, 0.717) is 22.7 Å². The van der Waals surface area contributed by atoms with E-state index in [1.54, 1.807) is 44.2 Å². The monoisotopic (exact) mass is 508 g/mol. The average Bonchev–Trinajstić information content (AvgIpc) is 2.79. The lowest BCUT2D eigenvalue weighted by Gasteiger charge is -2.34. The van der Waals surface area contributed by atoms with Crippen molar-refractivity contribution in [2.75, 3.05) is 32.0 Å². The van der Waals surface area contributed by atoms with Gasteiger partial charge in [-0.3, -0.25) is 9.59 Å². The molecule has 0 bridgehead atoms. The first-order chi connectivity index (χ1) is 15.9. The van der Waals surface area contributed by atoms with Crippen molar-refractivity contribution < 1.29 is 18.0 Å². The Balaban J connectivity index is 2.54. The summed E-state index contributed by atoms with van der Waals surface area (Å²) in [6, 6.07) is 11.6. The van der Waals surface area contributed by atoms with Crippen molar-refractivity contribution >= 4 is 39.3 Å². The van der Waals surface area contributed by atoms with E-state index in [1.807, 2.05) is 19.1 Å². The maximum absolute atomic E-state index is 13.7. The number of benzene rings is 2. The molecule has 0 spiro atoms. The molecule has 1 atom stereocenters. The largest absolute Gasteiger partial charge is 0.357 e. The van der Waals surface area contributed by atoms with Crippen molar-refractivity contribution in [2.45, 2.75) is 39.8 Å². The number of nitrogens with one attached hydrogen (secondary N) is 1. The van der Waals surface area contributed by atoms with Crippen LogP contribution in [0.2, 0.25) is 5.02 Å². The normalized spacial score (nSPS) is 12.4. The topological polar surface area (TPSA) is 90.0 Å². The van der Waals surface area contributed by atoms with Crippen LogP contribution in [-0.2, 0) is 26.3 Å². The Kier molecular flexibility index (Phi) is 9.49. The summed E-state index contributed by atoms with van der Waals surface area (Å²) in [7, 11) is 0.352. The Labute approximate surface area is 207 Å². The summed E-state index contributed by atoms with van der Waals surface area (Å²) in [4.78, 5) is 27.7. The van der Waals surface area contributed by atoms with E-state index in [0.717, 1.165) is 19.7 Å². The van der Waals surface area contributed by atoms with E-state index in [4.69, 9.17) is 11.6 Å². The third kappa shape index (κ3) is 6.49. The average molecular weight is 509 g/mol. The van der Waals surface area contributed by atoms with Crippen molar-refractivity contribution in [1.82, 2.24) is 14.5 Å². The van der Waals surface area contributed by atoms with Crippen molar-refractivity contribution in [3.05, 3.63) is 64.2 Å². The molecule has 1 N–H and O–H groups in total. The van der Waals surface area contributed by atoms with Crippen LogP contribution >= 0.6 is 11.6 Å². The Bertz CT molecular complexity index is 1120. The van der Waals surface area contributed by atoms with Gasteiger partial charge in [-0.05, 0) is 55.2 Å². The molecule has 0 fully saturated rings. The lowest BCUT2D eigenvalue weighted by atomic mass is 10.1. The molecule has 8 nitrogen and oxygen atoms in total. The van der Waals surface area contributed by atoms with E-state index >= 15 is 0 Å². The summed E-state index contributed by atoms with van der Waals surface area (Å²) in [6.07, 6.45) is 0.364. The van der Waals surface area contributed by atoms with Crippen LogP contribution in [0, 0.1) is 13.8 Å². The Hall–Kier alpha value is -2.62. The van der Waals surface area contributed by atoms with Crippen LogP contribution in [0.5, 0.6) is 0 Å². The van der Waals surface area contributed by atoms with Gasteiger partial charge in [-0.15, -0.1) is 0 Å². The third-order valence-corrected chi connectivity index (χ3v) is 7.61. The van der Waals surface area contributed by atoms with Crippen LogP contribution in [0.4, 0.5) is 5.69 Å². The van der Waals surface area contributed by atoms with Gasteiger partial charge in [-0.1, -0.05) is 42.8 Å². The van der Waals surface area contributed by atoms with E-state index in [1.165, 1.54) is 26.0 Å². The maximum atomic E-state index is 13.7. The van der Waals surface area contributed by atoms with Gasteiger partial charge in [0.25, 0.3) is 0 Å². The molecule has 0 saturated heterocycles. The molecule has 0 radical (unpaired) electrons. The number of rotatable bonds is 10. The van der Waals surface area contributed by atoms with Crippen LogP contribution in [0.3, 0.4) is 0 Å². The second-order valence-electron chi connectivity index (χ2n) is 8.27. The van der Waals surface area contributed by atoms with Gasteiger partial charge in [0.05, 0.1) is 5.69 Å². The van der Waals surface area contributed by atoms with Crippen LogP contribution in [-0.4, -0.2) is 63.2 Å². The summed E-state index contributed by atoms with van der Waals surface area (Å²) in [5.74, 6) is -0.810. The second-order valence-corrected chi connectivity index (χ2v) is 10.8. The van der Waals surface area contributed by atoms with Crippen molar-refractivity contribution in [1.29, 1.82) is 0 Å². The number of nitrogens with zero attached hydrogens (tertiary/aromatic N) is 3. The molecule has 0 heterocycles. The van der Waals surface area contributed by atoms with Gasteiger partial charge in [0.15, 0.2) is 0 Å². The minimum Gasteiger partial charge on any atom is -0.357 e. The number of carbonyl (C=O) groups excluding carboxylic acids is 2. The Morgan fingerprint density at radius 1 is 1.06 bits per heavy atom. The molecular weight excluding hydrogens is 476 g/mol. The van der Waals surface area contributed by atoms with Gasteiger partial charge in [-0.2, -0.15) is 12.7 Å². The number of hydrogen-bond donors (Lipinski definition) is 1. The molecule has 0 aliphatic rings. The molecule has 10 heteroatoms. The summed E-state index contributed by atoms with van der Waals surface area (Å²) in [5.41, 5.74) is 2.77. The first-order valence-electron chi connectivity index (χ1n) is 10.9. The lowest BCUT2D eigenvalue weighted by molar-refractivity contribution is -0.140. The van der Waals surface area contributed by atoms with Crippen LogP contribution in [0.15, 0.2) is 42.5 Å². The molecule has 0 saturated carbocycles. The Morgan fingerprint density at radius 3 is 2.21 bits per heavy atom. The van der Waals surface area contributed by atoms with Crippen LogP contribution in [0.1, 0.15) is 30.0 Å². The fraction of sp³-hybridized carbons (Fsp3) is 0.417. The zero-order valence-corrected chi connectivity index (χ0v) is 22.1. The first kappa shape index (κ1) is 27.6. The second kappa shape index (κ2) is 11.7. The van der Waals surface area contributed by atoms with Gasteiger partial charge in [0.1, 0.15) is 12.6 Å². The molecule has 2 amide bonds. The first-order valence-corrected chi connectivity index (χ1v) is 12.7. The molecule has 34 heavy (non-hydrogen) atoms. The maximum Gasteiger partial charge on any atom is 0.304 e. The van der Waals surface area contributed by atoms with E-state index in [9.17, 15) is 18.0 Å². The Morgan fingerprint density at radius 2 is 1.68 bits per heavy atom. The van der Waals surface area contributed by atoms with Crippen LogP contribution < -0.4 is 9.62 Å². The highest BCUT2D eigenvalue weighted by molar-refractivity contribution is 7.90. The zero-order valence-electron chi connectivity index (χ0n) is 20.5. The fourth-order valence-electron chi connectivity index (χ4n) is 3.56. The summed E-state index contributed by atoms with van der Waals surface area (Å²) in [6.45, 7) is 5.14. The van der Waals surface area contributed by atoms with E-state index in [2.05, 4.69) is 5.32 Å². The molecule has 0 unspecified atom stereocenters. The SMILES string of the molecule is CC[C@H](C(=O)NC)N(Cc1ccc(Cl)cc1)C(=O)CN(c1cc(C)ccc1C)S(=O)(=O)N(C)C. The quantitative estimate of drug-likeness (QED) is 0.534. The summed E-state index contributed by atoms with van der Waals surface area (Å²) < 4.78 is 28.7. The zero-order chi connectivity index (χ0) is 25.6. The van der Waals surface area contributed by atoms with Gasteiger partial charge in [0.2, 0.25) is 11.8 Å². The standard InChI is InChI=1S/C24H33ClN4O4S/c1-7-21(24(31)26-4)28(15-19-10-12-20(25)13-11-19)23(30)16-29(34(32,33)27(5)6)22-14-17(2)8-9-18(22)3/h8-14,21H,7,15-16H2,1-6H3,(H,26,31)/t21-/m1/s1. The van der Waals surface area contributed by atoms with Gasteiger partial charge in [0, 0.05) is 32.7 Å². The highest BCUT2D eigenvalue weighted by Crippen LogP contribution is 2.26. The molecule has 0 aliphatic heterocycles. The minimum atomic E-state index is -4.00. The van der Waals surface area contributed by atoms with E-state index < -0.39 is 28.7 Å². The van der Waals surface area contributed by atoms with Gasteiger partial charge >= 0.3 is 10.2 Å². The number of aryl methyl sites for hydroxylation is 2. The molecule has 2 aromatic carbocycles. The number of likely N-dealkylation sites (N-methyl/N-ethyl adjacent to an activating group) is 1. The van der Waals surface area contributed by atoms with Gasteiger partial charge < -0.3 is 10.2 Å². The number of halogens is 1. The molecule has 0 aliphatic carbocycles. The van der Waals surface area contributed by atoms with Crippen LogP contribution in [0.25, 0.3) is 0 Å². The highest BCUT2D eigenvalue weighted by Gasteiger charge is 2.34. The third-order valence-electron chi connectivity index (χ3n) is 5.55. The van der Waals surface area contributed by atoms with Gasteiger partial charge in [-0.25, -0.2) is 4.31 Å².